The fraction of sp³-hybridized carbons (Fsp3) is 0.545. The van der Waals surface area contributed by atoms with E-state index in [1.807, 2.05) is 0 Å². The van der Waals surface area contributed by atoms with Crippen molar-refractivity contribution in [1.29, 1.82) is 0 Å². The average molecular weight is 727 g/mol. The standard InChI is InChI=1S/C44H62N4O5/c1-6-7-8-9-10-11-12-13-14-15-22-53-43-31-38-34(20-25-51-4)29-40(47-38)39-27-32(18-23-49-2)36(45-39)16-17-37-33(19-24-50-3)28-41(46-37)42-30-35(21-26-52-5)44(43)48-42/h16-17,27-31,46-47H,6-15,18-26H2,1-5H3. The molecule has 0 saturated heterocycles. The monoisotopic (exact) mass is 726 g/mol. The summed E-state index contributed by atoms with van der Waals surface area (Å²) in [5, 5.41) is 0. The molecule has 53 heavy (non-hydrogen) atoms. The van der Waals surface area contributed by atoms with Crippen molar-refractivity contribution >= 4 is 45.4 Å². The van der Waals surface area contributed by atoms with Crippen molar-refractivity contribution in [2.45, 2.75) is 96.8 Å². The molecule has 2 aliphatic rings. The zero-order chi connectivity index (χ0) is 37.3. The first-order chi connectivity index (χ1) is 26.1. The summed E-state index contributed by atoms with van der Waals surface area (Å²) < 4.78 is 28.8. The smallest absolute Gasteiger partial charge is 0.147 e. The Morgan fingerprint density at radius 3 is 1.68 bits per heavy atom. The first-order valence-corrected chi connectivity index (χ1v) is 19.8. The number of hydrogen-bond acceptors (Lipinski definition) is 7. The van der Waals surface area contributed by atoms with Crippen LogP contribution in [0.15, 0.2) is 30.3 Å². The lowest BCUT2D eigenvalue weighted by atomic mass is 10.1. The maximum atomic E-state index is 6.75. The maximum absolute atomic E-state index is 6.75. The number of nitrogens with zero attached hydrogens (tertiary/aromatic N) is 2. The van der Waals surface area contributed by atoms with E-state index in [9.17, 15) is 0 Å². The van der Waals surface area contributed by atoms with Crippen LogP contribution in [0.2, 0.25) is 0 Å². The van der Waals surface area contributed by atoms with Gasteiger partial charge < -0.3 is 33.7 Å². The molecule has 9 heteroatoms. The number of methoxy groups -OCH3 is 4. The van der Waals surface area contributed by atoms with Crippen LogP contribution in [-0.4, -0.2) is 81.4 Å². The van der Waals surface area contributed by atoms with Gasteiger partial charge in [0.25, 0.3) is 0 Å². The lowest BCUT2D eigenvalue weighted by Gasteiger charge is -2.10. The van der Waals surface area contributed by atoms with Crippen molar-refractivity contribution in [3.8, 4) is 5.75 Å². The van der Waals surface area contributed by atoms with Crippen LogP contribution in [0.25, 0.3) is 45.4 Å². The van der Waals surface area contributed by atoms with Crippen LogP contribution >= 0.6 is 0 Å². The molecule has 0 amide bonds. The molecular formula is C44H62N4O5. The fourth-order valence-corrected chi connectivity index (χ4v) is 7.04. The van der Waals surface area contributed by atoms with Crippen LogP contribution < -0.4 is 4.74 Å². The number of fused-ring (bicyclic) bond motifs is 10. The van der Waals surface area contributed by atoms with Gasteiger partial charge in [-0.2, -0.15) is 0 Å². The topological polar surface area (TPSA) is 104 Å². The normalized spacial score (nSPS) is 12.7. The van der Waals surface area contributed by atoms with E-state index in [1.165, 1.54) is 56.9 Å². The van der Waals surface area contributed by atoms with Crippen LogP contribution in [0.5, 0.6) is 5.75 Å². The first-order valence-electron chi connectivity index (χ1n) is 19.8. The highest BCUT2D eigenvalue weighted by molar-refractivity contribution is 5.91. The quantitative estimate of drug-likeness (QED) is 0.0886. The van der Waals surface area contributed by atoms with Gasteiger partial charge >= 0.3 is 0 Å². The molecule has 0 spiro atoms. The molecule has 288 valence electrons. The summed E-state index contributed by atoms with van der Waals surface area (Å²) in [5.41, 5.74) is 12.0. The summed E-state index contributed by atoms with van der Waals surface area (Å²) in [5.74, 6) is 0.764. The van der Waals surface area contributed by atoms with Crippen molar-refractivity contribution in [3.63, 3.8) is 0 Å². The minimum atomic E-state index is 0.587. The number of rotatable bonds is 24. The largest absolute Gasteiger partial charge is 0.491 e. The van der Waals surface area contributed by atoms with Crippen molar-refractivity contribution in [2.75, 3.05) is 61.5 Å². The predicted molar refractivity (Wildman–Crippen MR) is 218 cm³/mol. The van der Waals surface area contributed by atoms with E-state index in [2.05, 4.69) is 59.4 Å². The second-order valence-corrected chi connectivity index (χ2v) is 14.2. The fourth-order valence-electron chi connectivity index (χ4n) is 7.04. The number of hydrogen-bond donors (Lipinski definition) is 2. The van der Waals surface area contributed by atoms with Crippen molar-refractivity contribution in [2.24, 2.45) is 0 Å². The Morgan fingerprint density at radius 2 is 1.04 bits per heavy atom. The lowest BCUT2D eigenvalue weighted by molar-refractivity contribution is 0.202. The Morgan fingerprint density at radius 1 is 0.509 bits per heavy atom. The zero-order valence-electron chi connectivity index (χ0n) is 32.9. The van der Waals surface area contributed by atoms with Gasteiger partial charge in [0.15, 0.2) is 0 Å². The van der Waals surface area contributed by atoms with Gasteiger partial charge in [-0.1, -0.05) is 64.7 Å². The van der Waals surface area contributed by atoms with E-state index in [0.717, 1.165) is 106 Å². The summed E-state index contributed by atoms with van der Waals surface area (Å²) in [6, 6.07) is 10.8. The van der Waals surface area contributed by atoms with E-state index in [4.69, 9.17) is 33.7 Å². The molecule has 2 aliphatic heterocycles. The van der Waals surface area contributed by atoms with Crippen LogP contribution in [0.1, 0.15) is 118 Å². The maximum Gasteiger partial charge on any atom is 0.147 e. The molecule has 0 unspecified atom stereocenters. The molecule has 0 radical (unpaired) electrons. The van der Waals surface area contributed by atoms with E-state index < -0.39 is 0 Å². The van der Waals surface area contributed by atoms with Crippen molar-refractivity contribution < 1.29 is 23.7 Å². The van der Waals surface area contributed by atoms with Crippen LogP contribution in [-0.2, 0) is 31.8 Å². The Bertz CT molecular complexity index is 1820. The first kappa shape index (κ1) is 40.4. The van der Waals surface area contributed by atoms with Gasteiger partial charge in [-0.15, -0.1) is 0 Å². The Labute approximate surface area is 316 Å². The Kier molecular flexibility index (Phi) is 16.6. The average Bonchev–Trinajstić information content (AvgIpc) is 3.97. The zero-order valence-corrected chi connectivity index (χ0v) is 32.9. The summed E-state index contributed by atoms with van der Waals surface area (Å²) >= 11 is 0. The molecule has 5 heterocycles. The van der Waals surface area contributed by atoms with E-state index in [-0.39, 0.29) is 0 Å². The second-order valence-electron chi connectivity index (χ2n) is 14.2. The molecule has 3 aromatic rings. The number of aromatic amines is 2. The van der Waals surface area contributed by atoms with Crippen LogP contribution in [0.3, 0.4) is 0 Å². The third-order valence-corrected chi connectivity index (χ3v) is 10.1. The highest BCUT2D eigenvalue weighted by Gasteiger charge is 2.19. The Balaban J connectivity index is 1.60. The molecule has 0 fully saturated rings. The van der Waals surface area contributed by atoms with Gasteiger partial charge in [0.2, 0.25) is 0 Å². The number of unbranched alkanes of at least 4 members (excludes halogenated alkanes) is 9. The number of H-pyrrole nitrogens is 2. The van der Waals surface area contributed by atoms with Crippen molar-refractivity contribution in [1.82, 2.24) is 19.9 Å². The molecule has 5 rings (SSSR count). The molecular weight excluding hydrogens is 665 g/mol. The minimum Gasteiger partial charge on any atom is -0.491 e. The lowest BCUT2D eigenvalue weighted by Crippen LogP contribution is -2.01. The van der Waals surface area contributed by atoms with Gasteiger partial charge in [0, 0.05) is 45.5 Å². The van der Waals surface area contributed by atoms with Crippen molar-refractivity contribution in [3.05, 3.63) is 64.2 Å². The molecule has 0 saturated carbocycles. The van der Waals surface area contributed by atoms with Crippen LogP contribution in [0.4, 0.5) is 0 Å². The van der Waals surface area contributed by atoms with Gasteiger partial charge in [-0.05, 0) is 90.8 Å². The Hall–Kier alpha value is -3.76. The van der Waals surface area contributed by atoms with E-state index in [1.54, 1.807) is 28.4 Å². The highest BCUT2D eigenvalue weighted by Crippen LogP contribution is 2.35. The summed E-state index contributed by atoms with van der Waals surface area (Å²) in [7, 11) is 6.97. The highest BCUT2D eigenvalue weighted by atomic mass is 16.5. The molecule has 8 bridgehead atoms. The molecule has 2 N–H and O–H groups in total. The van der Waals surface area contributed by atoms with Gasteiger partial charge in [0.05, 0.1) is 61.1 Å². The SMILES string of the molecule is CCCCCCCCCCCCOc1cc2[nH]c(cc2CCOC)c2nc(ccc3[nH]c(cc3CCOC)c3nc1C(CCOC)=C3)C(CCOC)=C2. The summed E-state index contributed by atoms with van der Waals surface area (Å²) in [6.07, 6.45) is 20.1. The summed E-state index contributed by atoms with van der Waals surface area (Å²) in [4.78, 5) is 17.8. The third-order valence-electron chi connectivity index (χ3n) is 10.1. The van der Waals surface area contributed by atoms with E-state index in [0.29, 0.717) is 33.0 Å². The van der Waals surface area contributed by atoms with Crippen LogP contribution in [0, 0.1) is 0 Å². The molecule has 9 nitrogen and oxygen atoms in total. The second kappa shape index (κ2) is 21.8. The summed E-state index contributed by atoms with van der Waals surface area (Å²) in [6.45, 7) is 5.33. The number of ether oxygens (including phenoxy) is 5. The third kappa shape index (κ3) is 11.6. The predicted octanol–water partition coefficient (Wildman–Crippen LogP) is 10.1. The van der Waals surface area contributed by atoms with Gasteiger partial charge in [0.1, 0.15) is 11.4 Å². The number of nitrogens with one attached hydrogen (secondary N) is 2. The molecule has 0 atom stereocenters. The molecule has 0 aromatic carbocycles. The van der Waals surface area contributed by atoms with Gasteiger partial charge in [-0.25, -0.2) is 9.97 Å². The minimum absolute atomic E-state index is 0.587. The number of aromatic nitrogens is 4. The van der Waals surface area contributed by atoms with Gasteiger partial charge in [-0.3, -0.25) is 0 Å². The van der Waals surface area contributed by atoms with E-state index >= 15 is 0 Å². The molecule has 0 aliphatic carbocycles. The molecule has 3 aromatic heterocycles.